The van der Waals surface area contributed by atoms with Gasteiger partial charge in [0, 0.05) is 19.0 Å². The number of carbonyl (C=O) groups is 2. The summed E-state index contributed by atoms with van der Waals surface area (Å²) in [5.41, 5.74) is 0.147. The molecule has 3 N–H and O–H groups in total. The quantitative estimate of drug-likeness (QED) is 0.412. The lowest BCUT2D eigenvalue weighted by molar-refractivity contribution is -0.142. The summed E-state index contributed by atoms with van der Waals surface area (Å²) in [5, 5.41) is 24.2. The average molecular weight is 574 g/mol. The number of carbonyl (C=O) groups excluding carboxylic acids is 2. The number of benzene rings is 1. The third-order valence-corrected chi connectivity index (χ3v) is 9.52. The zero-order valence-electron chi connectivity index (χ0n) is 23.8. The maximum atomic E-state index is 13.6. The van der Waals surface area contributed by atoms with Gasteiger partial charge in [-0.05, 0) is 68.6 Å². The van der Waals surface area contributed by atoms with Gasteiger partial charge in [0.25, 0.3) is 5.56 Å². The van der Waals surface area contributed by atoms with Gasteiger partial charge in [-0.3, -0.25) is 19.0 Å². The Morgan fingerprint density at radius 1 is 0.952 bits per heavy atom. The Bertz CT molecular complexity index is 1500. The number of hydrogen-bond donors (Lipinski definition) is 3. The van der Waals surface area contributed by atoms with Crippen molar-refractivity contribution in [3.63, 3.8) is 0 Å². The Labute approximate surface area is 244 Å². The number of fused-ring (bicyclic) bond motifs is 1. The van der Waals surface area contributed by atoms with Crippen LogP contribution in [0.2, 0.25) is 0 Å². The molecule has 3 heterocycles. The largest absolute Gasteiger partial charge is 0.392 e. The van der Waals surface area contributed by atoms with Gasteiger partial charge >= 0.3 is 0 Å². The van der Waals surface area contributed by atoms with E-state index in [1.165, 1.54) is 16.5 Å². The molecule has 222 valence electrons. The molecule has 1 aliphatic heterocycles. The molecule has 4 atom stereocenters. The molecule has 2 amide bonds. The van der Waals surface area contributed by atoms with Crippen molar-refractivity contribution in [3.05, 3.63) is 64.7 Å². The van der Waals surface area contributed by atoms with Crippen molar-refractivity contribution in [1.29, 1.82) is 0 Å². The first-order valence-corrected chi connectivity index (χ1v) is 15.2. The monoisotopic (exact) mass is 573 g/mol. The van der Waals surface area contributed by atoms with Crippen LogP contribution in [0.25, 0.3) is 11.0 Å². The normalized spacial score (nSPS) is 25.8. The summed E-state index contributed by atoms with van der Waals surface area (Å²) >= 11 is 0. The molecule has 3 aromatic rings. The highest BCUT2D eigenvalue weighted by Crippen LogP contribution is 2.39. The fourth-order valence-electron chi connectivity index (χ4n) is 7.06. The van der Waals surface area contributed by atoms with Gasteiger partial charge in [0.1, 0.15) is 5.82 Å². The molecule has 1 aromatic carbocycles. The summed E-state index contributed by atoms with van der Waals surface area (Å²) in [6, 6.07) is 13.5. The molecule has 2 aromatic heterocycles. The van der Waals surface area contributed by atoms with Gasteiger partial charge in [-0.15, -0.1) is 0 Å². The molecule has 3 aliphatic rings. The van der Waals surface area contributed by atoms with Crippen LogP contribution in [-0.4, -0.2) is 66.3 Å². The molecule has 4 unspecified atom stereocenters. The summed E-state index contributed by atoms with van der Waals surface area (Å²) < 4.78 is 1.37. The second kappa shape index (κ2) is 11.9. The van der Waals surface area contributed by atoms with Crippen LogP contribution >= 0.6 is 0 Å². The van der Waals surface area contributed by atoms with Crippen LogP contribution in [0.5, 0.6) is 0 Å². The van der Waals surface area contributed by atoms with E-state index in [1.54, 1.807) is 12.1 Å². The third kappa shape index (κ3) is 5.83. The van der Waals surface area contributed by atoms with E-state index in [0.29, 0.717) is 44.3 Å². The fourth-order valence-corrected chi connectivity index (χ4v) is 7.06. The Balaban J connectivity index is 1.12. The highest BCUT2D eigenvalue weighted by Gasteiger charge is 2.39. The summed E-state index contributed by atoms with van der Waals surface area (Å²) in [7, 11) is 0. The lowest BCUT2D eigenvalue weighted by Crippen LogP contribution is -2.51. The van der Waals surface area contributed by atoms with E-state index in [2.05, 4.69) is 27.4 Å². The number of aromatic nitrogens is 3. The van der Waals surface area contributed by atoms with Gasteiger partial charge in [-0.1, -0.05) is 43.2 Å². The van der Waals surface area contributed by atoms with Crippen LogP contribution in [0, 0.1) is 11.8 Å². The van der Waals surface area contributed by atoms with Crippen molar-refractivity contribution < 1.29 is 19.8 Å². The molecule has 2 aliphatic carbocycles. The van der Waals surface area contributed by atoms with Gasteiger partial charge in [0.15, 0.2) is 5.52 Å². The predicted molar refractivity (Wildman–Crippen MR) is 158 cm³/mol. The third-order valence-electron chi connectivity index (χ3n) is 9.52. The van der Waals surface area contributed by atoms with E-state index in [-0.39, 0.29) is 41.5 Å². The van der Waals surface area contributed by atoms with Gasteiger partial charge in [-0.25, -0.2) is 9.97 Å². The van der Waals surface area contributed by atoms with Crippen molar-refractivity contribution >= 4 is 28.7 Å². The maximum Gasteiger partial charge on any atom is 0.280 e. The van der Waals surface area contributed by atoms with E-state index in [1.807, 2.05) is 23.1 Å². The molecule has 0 radical (unpaired) electrons. The van der Waals surface area contributed by atoms with Crippen molar-refractivity contribution in [1.82, 2.24) is 19.4 Å². The number of rotatable bonds is 6. The molecule has 0 spiro atoms. The van der Waals surface area contributed by atoms with Crippen LogP contribution in [-0.2, 0) is 16.1 Å². The second-order valence-electron chi connectivity index (χ2n) is 12.3. The van der Waals surface area contributed by atoms with E-state index in [9.17, 15) is 24.6 Å². The SMILES string of the molecule is O=C(Nc1ccc2ncn(CC3(O)CCN(C(=O)C4CCCCC4c4ccccc4)CC3)c(=O)c2n1)C1CCCC1O. The number of nitrogens with zero attached hydrogens (tertiary/aromatic N) is 4. The minimum atomic E-state index is -1.16. The minimum absolute atomic E-state index is 0.0411. The molecule has 0 bridgehead atoms. The molecular formula is C32H39N5O5. The average Bonchev–Trinajstić information content (AvgIpc) is 3.45. The van der Waals surface area contributed by atoms with Crippen molar-refractivity contribution in [2.75, 3.05) is 18.4 Å². The smallest absolute Gasteiger partial charge is 0.280 e. The summed E-state index contributed by atoms with van der Waals surface area (Å²) in [5.74, 6) is -0.222. The minimum Gasteiger partial charge on any atom is -0.392 e. The molecule has 10 heteroatoms. The highest BCUT2D eigenvalue weighted by molar-refractivity contribution is 5.93. The molecule has 42 heavy (non-hydrogen) atoms. The zero-order valence-corrected chi connectivity index (χ0v) is 23.8. The maximum absolute atomic E-state index is 13.6. The number of hydrogen-bond acceptors (Lipinski definition) is 7. The van der Waals surface area contributed by atoms with E-state index in [4.69, 9.17) is 0 Å². The van der Waals surface area contributed by atoms with Gasteiger partial charge in [0.2, 0.25) is 11.8 Å². The van der Waals surface area contributed by atoms with Crippen molar-refractivity contribution in [2.45, 2.75) is 82.0 Å². The van der Waals surface area contributed by atoms with E-state index in [0.717, 1.165) is 32.1 Å². The van der Waals surface area contributed by atoms with E-state index < -0.39 is 23.2 Å². The first kappa shape index (κ1) is 28.5. The van der Waals surface area contributed by atoms with Crippen LogP contribution < -0.4 is 10.9 Å². The molecule has 6 rings (SSSR count). The lowest BCUT2D eigenvalue weighted by atomic mass is 9.74. The van der Waals surface area contributed by atoms with Crippen LogP contribution in [0.15, 0.2) is 53.6 Å². The Morgan fingerprint density at radius 3 is 2.43 bits per heavy atom. The molecular weight excluding hydrogens is 534 g/mol. The number of pyridine rings is 1. The molecule has 3 fully saturated rings. The molecule has 2 saturated carbocycles. The number of amides is 2. The summed E-state index contributed by atoms with van der Waals surface area (Å²) in [6.07, 6.45) is 7.56. The number of nitrogens with one attached hydrogen (secondary N) is 1. The summed E-state index contributed by atoms with van der Waals surface area (Å²) in [4.78, 5) is 50.2. The number of anilines is 1. The van der Waals surface area contributed by atoms with Gasteiger partial charge in [-0.2, -0.15) is 0 Å². The standard InChI is InChI=1S/C32H39N5O5/c38-26-12-6-11-24(26)29(39)35-27-14-13-25-28(34-27)31(41)37(20-33-25)19-32(42)15-17-36(18-16-32)30(40)23-10-5-4-9-22(23)21-7-2-1-3-8-21/h1-3,7-8,13-14,20,22-24,26,38,42H,4-6,9-12,15-19H2,(H,34,35,39). The first-order valence-electron chi connectivity index (χ1n) is 15.2. The molecule has 10 nitrogen and oxygen atoms in total. The predicted octanol–water partition coefficient (Wildman–Crippen LogP) is 3.22. The zero-order chi connectivity index (χ0) is 29.3. The Morgan fingerprint density at radius 2 is 1.69 bits per heavy atom. The Kier molecular flexibility index (Phi) is 8.09. The van der Waals surface area contributed by atoms with Crippen LogP contribution in [0.1, 0.15) is 69.3 Å². The second-order valence-corrected chi connectivity index (χ2v) is 12.3. The molecule has 1 saturated heterocycles. The number of aliphatic hydroxyl groups excluding tert-OH is 1. The van der Waals surface area contributed by atoms with Gasteiger partial charge < -0.3 is 20.4 Å². The Hall–Kier alpha value is -3.63. The van der Waals surface area contributed by atoms with E-state index >= 15 is 0 Å². The summed E-state index contributed by atoms with van der Waals surface area (Å²) in [6.45, 7) is 0.911. The topological polar surface area (TPSA) is 138 Å². The lowest BCUT2D eigenvalue weighted by Gasteiger charge is -2.41. The first-order chi connectivity index (χ1) is 20.3. The van der Waals surface area contributed by atoms with Gasteiger partial charge in [0.05, 0.1) is 36.0 Å². The fraction of sp³-hybridized carbons (Fsp3) is 0.531. The number of piperidine rings is 1. The number of aliphatic hydroxyl groups is 2. The van der Waals surface area contributed by atoms with Crippen LogP contribution in [0.4, 0.5) is 5.82 Å². The van der Waals surface area contributed by atoms with Crippen molar-refractivity contribution in [2.24, 2.45) is 11.8 Å². The number of likely N-dealkylation sites (tertiary alicyclic amines) is 1. The van der Waals surface area contributed by atoms with Crippen molar-refractivity contribution in [3.8, 4) is 0 Å². The van der Waals surface area contributed by atoms with Crippen LogP contribution in [0.3, 0.4) is 0 Å². The highest BCUT2D eigenvalue weighted by atomic mass is 16.3.